The highest BCUT2D eigenvalue weighted by molar-refractivity contribution is 5.92. The first-order valence-electron chi connectivity index (χ1n) is 6.49. The van der Waals surface area contributed by atoms with E-state index in [0.717, 1.165) is 5.71 Å². The normalized spacial score (nSPS) is 24.9. The first-order valence-corrected chi connectivity index (χ1v) is 6.49. The molecule has 0 heterocycles. The molecule has 1 aliphatic carbocycles. The molecule has 0 spiro atoms. The maximum Gasteiger partial charge on any atom is 0.114 e. The summed E-state index contributed by atoms with van der Waals surface area (Å²) < 4.78 is 0. The summed E-state index contributed by atoms with van der Waals surface area (Å²) in [7, 11) is 0. The molecule has 96 valence electrons. The summed E-state index contributed by atoms with van der Waals surface area (Å²) >= 11 is 0. The molecule has 1 atom stereocenters. The number of hydrogen-bond acceptors (Lipinski definition) is 2. The van der Waals surface area contributed by atoms with E-state index >= 15 is 0 Å². The summed E-state index contributed by atoms with van der Waals surface area (Å²) in [6.45, 7) is 11.4. The summed E-state index contributed by atoms with van der Waals surface area (Å²) in [5, 5.41) is 4.01. The molecule has 0 fully saturated rings. The van der Waals surface area contributed by atoms with Gasteiger partial charge in [-0.2, -0.15) is 0 Å². The van der Waals surface area contributed by atoms with Gasteiger partial charge in [-0.25, -0.2) is 0 Å². The van der Waals surface area contributed by atoms with Crippen molar-refractivity contribution in [2.24, 2.45) is 16.5 Å². The van der Waals surface area contributed by atoms with Crippen molar-refractivity contribution >= 4 is 5.71 Å². The van der Waals surface area contributed by atoms with Gasteiger partial charge in [0.25, 0.3) is 0 Å². The minimum absolute atomic E-state index is 0.348. The Labute approximate surface area is 105 Å². The van der Waals surface area contributed by atoms with Crippen LogP contribution >= 0.6 is 0 Å². The molecule has 1 rings (SSSR count). The van der Waals surface area contributed by atoms with Crippen LogP contribution in [0.25, 0.3) is 0 Å². The number of allylic oxidation sites excluding steroid dienone is 4. The van der Waals surface area contributed by atoms with Crippen LogP contribution in [0.5, 0.6) is 0 Å². The molecule has 0 amide bonds. The Kier molecular flexibility index (Phi) is 4.98. The summed E-state index contributed by atoms with van der Waals surface area (Å²) in [6.07, 6.45) is 9.15. The summed E-state index contributed by atoms with van der Waals surface area (Å²) in [5.41, 5.74) is 2.75. The molecule has 0 aromatic heterocycles. The zero-order valence-electron chi connectivity index (χ0n) is 11.8. The van der Waals surface area contributed by atoms with Gasteiger partial charge < -0.3 is 4.84 Å². The largest absolute Gasteiger partial charge is 0.396 e. The van der Waals surface area contributed by atoms with Crippen molar-refractivity contribution in [3.63, 3.8) is 0 Å². The van der Waals surface area contributed by atoms with Crippen molar-refractivity contribution in [1.29, 1.82) is 0 Å². The van der Waals surface area contributed by atoms with Crippen LogP contribution in [-0.2, 0) is 4.84 Å². The van der Waals surface area contributed by atoms with Crippen LogP contribution in [0.4, 0.5) is 0 Å². The smallest absolute Gasteiger partial charge is 0.114 e. The van der Waals surface area contributed by atoms with Crippen LogP contribution in [0.1, 0.15) is 47.5 Å². The molecule has 1 aliphatic rings. The molecular weight excluding hydrogens is 210 g/mol. The van der Waals surface area contributed by atoms with E-state index in [9.17, 15) is 0 Å². The maximum absolute atomic E-state index is 5.04. The Morgan fingerprint density at radius 3 is 2.88 bits per heavy atom. The number of oxime groups is 1. The van der Waals surface area contributed by atoms with Crippen LogP contribution in [0.2, 0.25) is 0 Å². The van der Waals surface area contributed by atoms with Crippen molar-refractivity contribution in [3.05, 3.63) is 23.8 Å². The van der Waals surface area contributed by atoms with Gasteiger partial charge in [0.2, 0.25) is 0 Å². The predicted octanol–water partition coefficient (Wildman–Crippen LogP) is 4.34. The van der Waals surface area contributed by atoms with Gasteiger partial charge in [-0.05, 0) is 45.1 Å². The van der Waals surface area contributed by atoms with Crippen LogP contribution in [-0.4, -0.2) is 12.3 Å². The number of rotatable bonds is 4. The van der Waals surface area contributed by atoms with Gasteiger partial charge in [0.15, 0.2) is 0 Å². The molecule has 0 saturated heterocycles. The third-order valence-corrected chi connectivity index (χ3v) is 3.45. The fourth-order valence-electron chi connectivity index (χ4n) is 2.42. The van der Waals surface area contributed by atoms with Gasteiger partial charge in [0.05, 0.1) is 5.71 Å². The summed E-state index contributed by atoms with van der Waals surface area (Å²) in [4.78, 5) is 5.04. The number of hydrogen-bond donors (Lipinski definition) is 0. The average Bonchev–Trinajstić information content (AvgIpc) is 2.24. The fraction of sp³-hybridized carbons (Fsp3) is 0.667. The van der Waals surface area contributed by atoms with Crippen molar-refractivity contribution in [3.8, 4) is 0 Å². The van der Waals surface area contributed by atoms with E-state index in [1.807, 2.05) is 13.8 Å². The second-order valence-corrected chi connectivity index (χ2v) is 5.46. The Balaban J connectivity index is 2.74. The third-order valence-electron chi connectivity index (χ3n) is 3.45. The molecule has 0 bridgehead atoms. The van der Waals surface area contributed by atoms with Crippen molar-refractivity contribution in [2.45, 2.75) is 47.5 Å². The van der Waals surface area contributed by atoms with Gasteiger partial charge in [-0.3, -0.25) is 0 Å². The third kappa shape index (κ3) is 4.03. The molecule has 17 heavy (non-hydrogen) atoms. The van der Waals surface area contributed by atoms with Gasteiger partial charge in [-0.15, -0.1) is 0 Å². The monoisotopic (exact) mass is 235 g/mol. The minimum Gasteiger partial charge on any atom is -0.396 e. The van der Waals surface area contributed by atoms with E-state index in [1.54, 1.807) is 0 Å². The molecule has 0 aromatic carbocycles. The van der Waals surface area contributed by atoms with Gasteiger partial charge in [-0.1, -0.05) is 36.7 Å². The van der Waals surface area contributed by atoms with Crippen LogP contribution < -0.4 is 0 Å². The van der Waals surface area contributed by atoms with E-state index in [1.165, 1.54) is 18.4 Å². The highest BCUT2D eigenvalue weighted by Gasteiger charge is 2.30. The molecule has 2 nitrogen and oxygen atoms in total. The molecular formula is C15H25NO. The lowest BCUT2D eigenvalue weighted by atomic mass is 9.68. The van der Waals surface area contributed by atoms with Crippen LogP contribution in [0.3, 0.4) is 0 Å². The summed E-state index contributed by atoms with van der Waals surface area (Å²) in [5.74, 6) is 0.517. The van der Waals surface area contributed by atoms with Crippen molar-refractivity contribution in [1.82, 2.24) is 0 Å². The molecule has 0 aliphatic heterocycles. The predicted molar refractivity (Wildman–Crippen MR) is 74.1 cm³/mol. The SMILES string of the molecule is CCO/N=C(C)/C=C/C1C(C)=CCCC1(C)C. The molecule has 1 unspecified atom stereocenters. The highest BCUT2D eigenvalue weighted by atomic mass is 16.6. The van der Waals surface area contributed by atoms with Gasteiger partial charge in [0, 0.05) is 5.92 Å². The van der Waals surface area contributed by atoms with E-state index in [4.69, 9.17) is 4.84 Å². The molecule has 2 heteroatoms. The second kappa shape index (κ2) is 6.04. The lowest BCUT2D eigenvalue weighted by molar-refractivity contribution is 0.159. The fourth-order valence-corrected chi connectivity index (χ4v) is 2.42. The van der Waals surface area contributed by atoms with Crippen molar-refractivity contribution < 1.29 is 4.84 Å². The Hall–Kier alpha value is -1.05. The average molecular weight is 235 g/mol. The van der Waals surface area contributed by atoms with Crippen molar-refractivity contribution in [2.75, 3.05) is 6.61 Å². The lowest BCUT2D eigenvalue weighted by Gasteiger charge is -2.36. The molecule has 0 saturated carbocycles. The Bertz CT molecular complexity index is 337. The standard InChI is InChI=1S/C15H25NO/c1-6-17-16-13(3)9-10-14-12(2)8-7-11-15(14,4)5/h8-10,14H,6-7,11H2,1-5H3/b10-9+,16-13+. The first-order chi connectivity index (χ1) is 7.97. The Morgan fingerprint density at radius 2 is 2.29 bits per heavy atom. The van der Waals surface area contributed by atoms with Gasteiger partial charge >= 0.3 is 0 Å². The molecule has 0 N–H and O–H groups in total. The summed E-state index contributed by atoms with van der Waals surface area (Å²) in [6, 6.07) is 0. The minimum atomic E-state index is 0.348. The molecule has 0 aromatic rings. The quantitative estimate of drug-likeness (QED) is 0.403. The molecule has 0 radical (unpaired) electrons. The first kappa shape index (κ1) is 14.0. The van der Waals surface area contributed by atoms with E-state index in [0.29, 0.717) is 17.9 Å². The number of nitrogens with zero attached hydrogens (tertiary/aromatic N) is 1. The maximum atomic E-state index is 5.04. The van der Waals surface area contributed by atoms with Crippen LogP contribution in [0.15, 0.2) is 29.0 Å². The van der Waals surface area contributed by atoms with E-state index in [-0.39, 0.29) is 0 Å². The highest BCUT2D eigenvalue weighted by Crippen LogP contribution is 2.41. The topological polar surface area (TPSA) is 21.6 Å². The zero-order valence-corrected chi connectivity index (χ0v) is 11.8. The van der Waals surface area contributed by atoms with Crippen LogP contribution in [0, 0.1) is 11.3 Å². The van der Waals surface area contributed by atoms with E-state index in [2.05, 4.69) is 44.2 Å². The Morgan fingerprint density at radius 1 is 1.59 bits per heavy atom. The van der Waals surface area contributed by atoms with Gasteiger partial charge in [0.1, 0.15) is 6.61 Å². The van der Waals surface area contributed by atoms with E-state index < -0.39 is 0 Å². The second-order valence-electron chi connectivity index (χ2n) is 5.46. The zero-order chi connectivity index (χ0) is 12.9. The lowest BCUT2D eigenvalue weighted by Crippen LogP contribution is -2.26.